The molecule has 2 fully saturated rings. The molecule has 3 heterocycles. The lowest BCUT2D eigenvalue weighted by Crippen LogP contribution is -2.41. The highest BCUT2D eigenvalue weighted by Crippen LogP contribution is 2.35. The van der Waals surface area contributed by atoms with Gasteiger partial charge in [0, 0.05) is 63.8 Å². The minimum atomic E-state index is -2.99. The number of benzene rings is 1. The zero-order valence-corrected chi connectivity index (χ0v) is 20.3. The van der Waals surface area contributed by atoms with Crippen molar-refractivity contribution in [1.29, 1.82) is 0 Å². The minimum Gasteiger partial charge on any atom is -0.372 e. The Bertz CT molecular complexity index is 958. The average molecular weight is 464 g/mol. The zero-order chi connectivity index (χ0) is 22.0. The fourth-order valence-corrected chi connectivity index (χ4v) is 6.40. The summed E-state index contributed by atoms with van der Waals surface area (Å²) in [6.45, 7) is 4.32. The van der Waals surface area contributed by atoms with E-state index in [1.165, 1.54) is 49.2 Å². The van der Waals surface area contributed by atoms with Gasteiger partial charge in [-0.05, 0) is 55.2 Å². The Morgan fingerprint density at radius 3 is 2.00 bits per heavy atom. The molecule has 0 amide bonds. The number of hydrogen-bond acceptors (Lipinski definition) is 8. The molecule has 170 valence electrons. The molecule has 0 N–H and O–H groups in total. The number of aromatic nitrogens is 2. The predicted octanol–water partition coefficient (Wildman–Crippen LogP) is 3.28. The summed E-state index contributed by atoms with van der Waals surface area (Å²) in [6.07, 6.45) is 6.23. The summed E-state index contributed by atoms with van der Waals surface area (Å²) >= 11 is 1.51. The van der Waals surface area contributed by atoms with Gasteiger partial charge in [0.25, 0.3) is 0 Å². The van der Waals surface area contributed by atoms with Crippen molar-refractivity contribution in [1.82, 2.24) is 9.36 Å². The Labute approximate surface area is 190 Å². The van der Waals surface area contributed by atoms with Crippen LogP contribution in [0.3, 0.4) is 0 Å². The summed E-state index contributed by atoms with van der Waals surface area (Å²) in [5.41, 5.74) is 2.07. The van der Waals surface area contributed by atoms with E-state index in [0.717, 1.165) is 54.7 Å². The second kappa shape index (κ2) is 9.32. The summed E-state index contributed by atoms with van der Waals surface area (Å²) in [5.74, 6) is 2.52. The van der Waals surface area contributed by atoms with Crippen LogP contribution in [-0.2, 0) is 15.6 Å². The molecule has 1 aromatic heterocycles. The minimum absolute atomic E-state index is 0.113. The molecule has 31 heavy (non-hydrogen) atoms. The van der Waals surface area contributed by atoms with Crippen molar-refractivity contribution < 1.29 is 8.42 Å². The van der Waals surface area contributed by atoms with E-state index in [0.29, 0.717) is 0 Å². The van der Waals surface area contributed by atoms with Gasteiger partial charge in [0.15, 0.2) is 9.84 Å². The molecule has 0 unspecified atom stereocenters. The lowest BCUT2D eigenvalue weighted by atomic mass is 9.79. The third kappa shape index (κ3) is 5.68. The smallest absolute Gasteiger partial charge is 0.238 e. The normalized spacial score (nSPS) is 19.1. The Balaban J connectivity index is 1.26. The first-order valence-corrected chi connectivity index (χ1v) is 13.9. The number of piperidine rings is 2. The Morgan fingerprint density at radius 1 is 0.968 bits per heavy atom. The van der Waals surface area contributed by atoms with E-state index in [9.17, 15) is 8.42 Å². The lowest BCUT2D eigenvalue weighted by Gasteiger charge is -2.40. The molecule has 0 aliphatic carbocycles. The average Bonchev–Trinajstić information content (AvgIpc) is 3.24. The quantitative estimate of drug-likeness (QED) is 0.651. The van der Waals surface area contributed by atoms with Crippen molar-refractivity contribution in [2.75, 3.05) is 61.2 Å². The van der Waals surface area contributed by atoms with Gasteiger partial charge in [0.05, 0.1) is 5.75 Å². The van der Waals surface area contributed by atoms with Gasteiger partial charge >= 0.3 is 0 Å². The first kappa shape index (κ1) is 22.3. The van der Waals surface area contributed by atoms with Crippen LogP contribution < -0.4 is 14.7 Å². The van der Waals surface area contributed by atoms with Crippen LogP contribution in [0, 0.1) is 11.8 Å². The van der Waals surface area contributed by atoms with Crippen molar-refractivity contribution in [3.63, 3.8) is 0 Å². The highest BCUT2D eigenvalue weighted by Gasteiger charge is 2.30. The van der Waals surface area contributed by atoms with E-state index in [-0.39, 0.29) is 5.75 Å². The molecule has 0 bridgehead atoms. The summed E-state index contributed by atoms with van der Waals surface area (Å²) in [4.78, 5) is 11.5. The number of nitrogens with zero attached hydrogens (tertiary/aromatic N) is 5. The second-order valence-electron chi connectivity index (χ2n) is 9.16. The summed E-state index contributed by atoms with van der Waals surface area (Å²) < 4.78 is 27.4. The number of sulfone groups is 1. The molecule has 0 saturated carbocycles. The van der Waals surface area contributed by atoms with Crippen LogP contribution in [0.15, 0.2) is 24.3 Å². The highest BCUT2D eigenvalue weighted by molar-refractivity contribution is 7.89. The first-order valence-electron chi connectivity index (χ1n) is 11.1. The largest absolute Gasteiger partial charge is 0.372 e. The molecule has 2 saturated heterocycles. The van der Waals surface area contributed by atoms with Gasteiger partial charge < -0.3 is 14.7 Å². The number of hydrogen-bond donors (Lipinski definition) is 0. The standard InChI is InChI=1S/C22H33N5O2S2/c1-25(2)21-23-22(30-24-21)27-14-10-19(11-15-27)18-8-12-26(13-9-18)20-6-4-17(5-7-20)16-31(3,28)29/h4-7,18-19H,8-16H2,1-3H3. The third-order valence-electron chi connectivity index (χ3n) is 6.55. The van der Waals surface area contributed by atoms with Crippen molar-refractivity contribution in [2.45, 2.75) is 31.4 Å². The molecule has 9 heteroatoms. The van der Waals surface area contributed by atoms with Gasteiger partial charge in [-0.2, -0.15) is 9.36 Å². The van der Waals surface area contributed by atoms with Crippen LogP contribution in [0.5, 0.6) is 0 Å². The van der Waals surface area contributed by atoms with Gasteiger partial charge in [-0.1, -0.05) is 12.1 Å². The van der Waals surface area contributed by atoms with Crippen molar-refractivity contribution in [2.24, 2.45) is 11.8 Å². The molecule has 7 nitrogen and oxygen atoms in total. The molecule has 2 aliphatic rings. The van der Waals surface area contributed by atoms with E-state index in [4.69, 9.17) is 0 Å². The lowest BCUT2D eigenvalue weighted by molar-refractivity contribution is 0.233. The van der Waals surface area contributed by atoms with Crippen molar-refractivity contribution in [3.05, 3.63) is 29.8 Å². The van der Waals surface area contributed by atoms with Crippen LogP contribution in [0.4, 0.5) is 16.8 Å². The number of rotatable bonds is 6. The van der Waals surface area contributed by atoms with Gasteiger partial charge in [0.1, 0.15) is 0 Å². The van der Waals surface area contributed by atoms with Gasteiger partial charge in [-0.25, -0.2) is 8.42 Å². The highest BCUT2D eigenvalue weighted by atomic mass is 32.2. The summed E-state index contributed by atoms with van der Waals surface area (Å²) in [7, 11) is 0.976. The van der Waals surface area contributed by atoms with Gasteiger partial charge in [-0.3, -0.25) is 0 Å². The molecule has 1 aromatic carbocycles. The number of anilines is 3. The van der Waals surface area contributed by atoms with Crippen LogP contribution in [-0.4, -0.2) is 64.3 Å². The molecular formula is C22H33N5O2S2. The maximum atomic E-state index is 11.5. The molecule has 0 spiro atoms. The SMILES string of the molecule is CN(C)c1nsc(N2CCC(C3CCN(c4ccc(CS(C)(=O)=O)cc4)CC3)CC2)n1. The predicted molar refractivity (Wildman–Crippen MR) is 129 cm³/mol. The topological polar surface area (TPSA) is 69.6 Å². The summed E-state index contributed by atoms with van der Waals surface area (Å²) in [5, 5.41) is 1.05. The molecular weight excluding hydrogens is 430 g/mol. The van der Waals surface area contributed by atoms with E-state index >= 15 is 0 Å². The zero-order valence-electron chi connectivity index (χ0n) is 18.7. The second-order valence-corrected chi connectivity index (χ2v) is 12.0. The molecule has 4 rings (SSSR count). The summed E-state index contributed by atoms with van der Waals surface area (Å²) in [6, 6.07) is 8.05. The molecule has 0 radical (unpaired) electrons. The Hall–Kier alpha value is -1.87. The van der Waals surface area contributed by atoms with Gasteiger partial charge in [0.2, 0.25) is 11.1 Å². The monoisotopic (exact) mass is 463 g/mol. The third-order valence-corrected chi connectivity index (χ3v) is 8.18. The van der Waals surface area contributed by atoms with E-state index in [2.05, 4.69) is 31.3 Å². The van der Waals surface area contributed by atoms with Crippen LogP contribution >= 0.6 is 11.5 Å². The van der Waals surface area contributed by atoms with E-state index in [1.54, 1.807) is 0 Å². The molecule has 2 aliphatic heterocycles. The van der Waals surface area contributed by atoms with Crippen molar-refractivity contribution in [3.8, 4) is 0 Å². The maximum absolute atomic E-state index is 11.5. The maximum Gasteiger partial charge on any atom is 0.238 e. The molecule has 0 atom stereocenters. The molecule has 2 aromatic rings. The van der Waals surface area contributed by atoms with Crippen molar-refractivity contribution >= 4 is 38.1 Å². The fraction of sp³-hybridized carbons (Fsp3) is 0.636. The van der Waals surface area contributed by atoms with Crippen LogP contribution in [0.1, 0.15) is 31.2 Å². The van der Waals surface area contributed by atoms with Gasteiger partial charge in [-0.15, -0.1) is 0 Å². The van der Waals surface area contributed by atoms with E-state index < -0.39 is 9.84 Å². The fourth-order valence-electron chi connectivity index (χ4n) is 4.82. The Kier molecular flexibility index (Phi) is 6.71. The first-order chi connectivity index (χ1) is 14.8. The Morgan fingerprint density at radius 2 is 1.52 bits per heavy atom. The van der Waals surface area contributed by atoms with Crippen LogP contribution in [0.25, 0.3) is 0 Å². The van der Waals surface area contributed by atoms with Crippen LogP contribution in [0.2, 0.25) is 0 Å². The van der Waals surface area contributed by atoms with E-state index in [1.807, 2.05) is 31.1 Å².